The lowest BCUT2D eigenvalue weighted by Crippen LogP contribution is -2.09. The summed E-state index contributed by atoms with van der Waals surface area (Å²) < 4.78 is 5.28. The number of unbranched alkanes of at least 4 members (excludes halogenated alkanes) is 2. The van der Waals surface area contributed by atoms with Crippen LogP contribution in [0.3, 0.4) is 0 Å². The second-order valence-corrected chi connectivity index (χ2v) is 2.60. The molecule has 1 atom stereocenters. The van der Waals surface area contributed by atoms with Crippen molar-refractivity contribution < 1.29 is 4.74 Å². The molecule has 0 aromatic rings. The van der Waals surface area contributed by atoms with Crippen molar-refractivity contribution in [2.24, 2.45) is 0 Å². The zero-order chi connectivity index (χ0) is 8.53. The lowest BCUT2D eigenvalue weighted by Gasteiger charge is -2.06. The van der Waals surface area contributed by atoms with E-state index in [-0.39, 0.29) is 6.10 Å². The first-order valence-corrected chi connectivity index (χ1v) is 4.36. The number of nitrogens with zero attached hydrogens (tertiary/aromatic N) is 1. The molecule has 0 aromatic carbocycles. The number of rotatable bonds is 6. The highest BCUT2D eigenvalue weighted by atomic mass is 16.5. The zero-order valence-corrected chi connectivity index (χ0v) is 7.47. The van der Waals surface area contributed by atoms with Gasteiger partial charge in [0.15, 0.2) is 0 Å². The third kappa shape index (κ3) is 5.87. The van der Waals surface area contributed by atoms with E-state index in [4.69, 9.17) is 10.00 Å². The Balaban J connectivity index is 3.16. The number of hydrogen-bond acceptors (Lipinski definition) is 2. The van der Waals surface area contributed by atoms with E-state index in [9.17, 15) is 0 Å². The van der Waals surface area contributed by atoms with Crippen LogP contribution < -0.4 is 0 Å². The third-order valence-corrected chi connectivity index (χ3v) is 1.58. The van der Waals surface area contributed by atoms with Crippen molar-refractivity contribution in [2.45, 2.75) is 45.6 Å². The highest BCUT2D eigenvalue weighted by molar-refractivity contribution is 4.82. The molecule has 1 unspecified atom stereocenters. The monoisotopic (exact) mass is 155 g/mol. The fraction of sp³-hybridized carbons (Fsp3) is 0.889. The van der Waals surface area contributed by atoms with Crippen LogP contribution in [0.1, 0.15) is 39.5 Å². The van der Waals surface area contributed by atoms with E-state index >= 15 is 0 Å². The lowest BCUT2D eigenvalue weighted by molar-refractivity contribution is 0.0846. The minimum Gasteiger partial charge on any atom is -0.363 e. The van der Waals surface area contributed by atoms with Crippen molar-refractivity contribution in [2.75, 3.05) is 6.61 Å². The van der Waals surface area contributed by atoms with Crippen molar-refractivity contribution in [3.05, 3.63) is 0 Å². The molecule has 2 nitrogen and oxygen atoms in total. The van der Waals surface area contributed by atoms with Gasteiger partial charge in [0.05, 0.1) is 6.07 Å². The zero-order valence-electron chi connectivity index (χ0n) is 7.47. The Morgan fingerprint density at radius 3 is 2.55 bits per heavy atom. The summed E-state index contributed by atoms with van der Waals surface area (Å²) in [6, 6.07) is 2.11. The van der Waals surface area contributed by atoms with Crippen LogP contribution in [0, 0.1) is 11.3 Å². The van der Waals surface area contributed by atoms with Gasteiger partial charge in [-0.1, -0.05) is 26.7 Å². The molecule has 0 aliphatic carbocycles. The predicted octanol–water partition coefficient (Wildman–Crippen LogP) is 2.50. The molecule has 64 valence electrons. The van der Waals surface area contributed by atoms with E-state index in [1.165, 1.54) is 12.8 Å². The molecule has 11 heavy (non-hydrogen) atoms. The van der Waals surface area contributed by atoms with Crippen LogP contribution in [0.5, 0.6) is 0 Å². The molecule has 0 aliphatic heterocycles. The minimum absolute atomic E-state index is 0.188. The number of nitriles is 1. The number of hydrogen-bond donors (Lipinski definition) is 0. The van der Waals surface area contributed by atoms with Gasteiger partial charge in [0.25, 0.3) is 0 Å². The first kappa shape index (κ1) is 10.4. The molecule has 2 heteroatoms. The smallest absolute Gasteiger partial charge is 0.143 e. The number of ether oxygens (including phenoxy) is 1. The minimum atomic E-state index is -0.188. The van der Waals surface area contributed by atoms with Crippen LogP contribution in [-0.2, 0) is 4.74 Å². The second kappa shape index (κ2) is 7.56. The van der Waals surface area contributed by atoms with Gasteiger partial charge in [-0.15, -0.1) is 0 Å². The van der Waals surface area contributed by atoms with Gasteiger partial charge >= 0.3 is 0 Å². The molecule has 0 heterocycles. The molecule has 0 radical (unpaired) electrons. The molecule has 0 aliphatic rings. The van der Waals surface area contributed by atoms with Crippen LogP contribution in [0.15, 0.2) is 0 Å². The fourth-order valence-electron chi connectivity index (χ4n) is 0.824. The summed E-state index contributed by atoms with van der Waals surface area (Å²) in [5, 5.41) is 8.51. The van der Waals surface area contributed by atoms with Gasteiger partial charge in [-0.25, -0.2) is 0 Å². The first-order chi connectivity index (χ1) is 5.35. The van der Waals surface area contributed by atoms with E-state index < -0.39 is 0 Å². The molecule has 0 spiro atoms. The molecular weight excluding hydrogens is 138 g/mol. The van der Waals surface area contributed by atoms with Crippen LogP contribution in [-0.4, -0.2) is 12.7 Å². The Bertz CT molecular complexity index is 117. The summed E-state index contributed by atoms with van der Waals surface area (Å²) in [4.78, 5) is 0. The summed E-state index contributed by atoms with van der Waals surface area (Å²) in [7, 11) is 0. The van der Waals surface area contributed by atoms with E-state index in [1.807, 2.05) is 6.92 Å². The first-order valence-electron chi connectivity index (χ1n) is 4.36. The fourth-order valence-corrected chi connectivity index (χ4v) is 0.824. The summed E-state index contributed by atoms with van der Waals surface area (Å²) >= 11 is 0. The van der Waals surface area contributed by atoms with Crippen LogP contribution in [0.2, 0.25) is 0 Å². The maximum Gasteiger partial charge on any atom is 0.143 e. The quantitative estimate of drug-likeness (QED) is 0.552. The van der Waals surface area contributed by atoms with Crippen LogP contribution in [0.4, 0.5) is 0 Å². The molecule has 0 saturated carbocycles. The summed E-state index contributed by atoms with van der Waals surface area (Å²) in [5.74, 6) is 0. The average Bonchev–Trinajstić information content (AvgIpc) is 2.05. The lowest BCUT2D eigenvalue weighted by atomic mass is 10.2. The average molecular weight is 155 g/mol. The van der Waals surface area contributed by atoms with Crippen LogP contribution in [0.25, 0.3) is 0 Å². The molecule has 0 N–H and O–H groups in total. The van der Waals surface area contributed by atoms with E-state index in [0.717, 1.165) is 19.4 Å². The van der Waals surface area contributed by atoms with Gasteiger partial charge in [0.1, 0.15) is 6.10 Å². The highest BCUT2D eigenvalue weighted by Crippen LogP contribution is 1.99. The van der Waals surface area contributed by atoms with Crippen molar-refractivity contribution >= 4 is 0 Å². The largest absolute Gasteiger partial charge is 0.363 e. The van der Waals surface area contributed by atoms with Crippen molar-refractivity contribution in [1.29, 1.82) is 5.26 Å². The third-order valence-electron chi connectivity index (χ3n) is 1.58. The van der Waals surface area contributed by atoms with Gasteiger partial charge in [0.2, 0.25) is 0 Å². The Morgan fingerprint density at radius 1 is 1.36 bits per heavy atom. The van der Waals surface area contributed by atoms with Gasteiger partial charge in [-0.3, -0.25) is 0 Å². The Labute approximate surface area is 69.2 Å². The Kier molecular flexibility index (Phi) is 7.18. The molecule has 0 amide bonds. The molecule has 0 rings (SSSR count). The molecular formula is C9H17NO. The maximum absolute atomic E-state index is 8.51. The van der Waals surface area contributed by atoms with Gasteiger partial charge in [-0.05, 0) is 12.8 Å². The van der Waals surface area contributed by atoms with E-state index in [2.05, 4.69) is 13.0 Å². The normalized spacial score (nSPS) is 12.5. The summed E-state index contributed by atoms with van der Waals surface area (Å²) in [5.41, 5.74) is 0. The second-order valence-electron chi connectivity index (χ2n) is 2.60. The molecule has 0 fully saturated rings. The molecule has 0 bridgehead atoms. The molecule has 0 saturated heterocycles. The Morgan fingerprint density at radius 2 is 2.09 bits per heavy atom. The van der Waals surface area contributed by atoms with Crippen molar-refractivity contribution in [3.8, 4) is 6.07 Å². The van der Waals surface area contributed by atoms with E-state index in [1.54, 1.807) is 0 Å². The maximum atomic E-state index is 8.51. The predicted molar refractivity (Wildman–Crippen MR) is 45.2 cm³/mol. The van der Waals surface area contributed by atoms with Gasteiger partial charge in [0, 0.05) is 6.61 Å². The Hall–Kier alpha value is -0.550. The van der Waals surface area contributed by atoms with Gasteiger partial charge < -0.3 is 4.74 Å². The van der Waals surface area contributed by atoms with E-state index in [0.29, 0.717) is 0 Å². The molecule has 0 aromatic heterocycles. The van der Waals surface area contributed by atoms with Crippen LogP contribution >= 0.6 is 0 Å². The standard InChI is InChI=1S/C9H17NO/c1-3-5-6-7-11-9(4-2)8-10/h9H,3-7H2,1-2H3. The summed E-state index contributed by atoms with van der Waals surface area (Å²) in [6.45, 7) is 4.86. The van der Waals surface area contributed by atoms with Gasteiger partial charge in [-0.2, -0.15) is 5.26 Å². The van der Waals surface area contributed by atoms with Crippen molar-refractivity contribution in [3.63, 3.8) is 0 Å². The highest BCUT2D eigenvalue weighted by Gasteiger charge is 2.01. The SMILES string of the molecule is CCCCCOC(C#N)CC. The summed E-state index contributed by atoms with van der Waals surface area (Å²) in [6.07, 6.45) is 4.08. The topological polar surface area (TPSA) is 33.0 Å². The van der Waals surface area contributed by atoms with Crippen molar-refractivity contribution in [1.82, 2.24) is 0 Å².